The van der Waals surface area contributed by atoms with Crippen LogP contribution in [0.3, 0.4) is 0 Å². The van der Waals surface area contributed by atoms with Crippen LogP contribution in [-0.2, 0) is 7.05 Å². The van der Waals surface area contributed by atoms with Gasteiger partial charge < -0.3 is 19.4 Å². The van der Waals surface area contributed by atoms with Crippen molar-refractivity contribution >= 4 is 22.6 Å². The van der Waals surface area contributed by atoms with Gasteiger partial charge in [0.05, 0.1) is 11.0 Å². The third-order valence-corrected chi connectivity index (χ3v) is 4.75. The third kappa shape index (κ3) is 2.41. The van der Waals surface area contributed by atoms with Crippen molar-refractivity contribution in [2.75, 3.05) is 12.1 Å². The van der Waals surface area contributed by atoms with Gasteiger partial charge in [-0.1, -0.05) is 0 Å². The van der Waals surface area contributed by atoms with Gasteiger partial charge >= 0.3 is 0 Å². The van der Waals surface area contributed by atoms with Crippen molar-refractivity contribution in [2.45, 2.75) is 18.8 Å². The molecule has 1 aromatic heterocycles. The quantitative estimate of drug-likeness (QED) is 0.796. The summed E-state index contributed by atoms with van der Waals surface area (Å²) in [5.41, 5.74) is 3.18. The van der Waals surface area contributed by atoms with Crippen LogP contribution < -0.4 is 14.8 Å². The molecule has 6 heteroatoms. The minimum Gasteiger partial charge on any atom is -0.454 e. The first kappa shape index (κ1) is 14.3. The van der Waals surface area contributed by atoms with Gasteiger partial charge in [0.15, 0.2) is 11.5 Å². The summed E-state index contributed by atoms with van der Waals surface area (Å²) in [6, 6.07) is 11.0. The summed E-state index contributed by atoms with van der Waals surface area (Å²) in [4.78, 5) is 17.3. The zero-order chi connectivity index (χ0) is 17.0. The molecular formula is C19H17N3O3. The zero-order valence-corrected chi connectivity index (χ0v) is 13.8. The molecule has 1 fully saturated rings. The van der Waals surface area contributed by atoms with Gasteiger partial charge in [0, 0.05) is 30.3 Å². The Labute approximate surface area is 144 Å². The number of hydrogen-bond donors (Lipinski definition) is 1. The summed E-state index contributed by atoms with van der Waals surface area (Å²) in [6.07, 6.45) is 2.41. The molecule has 0 radical (unpaired) electrons. The number of aryl methyl sites for hydroxylation is 1. The number of carbonyl (C=O) groups excluding carboxylic acids is 1. The number of fused-ring (bicyclic) bond motifs is 2. The third-order valence-electron chi connectivity index (χ3n) is 4.75. The van der Waals surface area contributed by atoms with E-state index in [9.17, 15) is 4.79 Å². The highest BCUT2D eigenvalue weighted by Crippen LogP contribution is 2.40. The van der Waals surface area contributed by atoms with Gasteiger partial charge in [-0.15, -0.1) is 0 Å². The number of ether oxygens (including phenoxy) is 2. The predicted octanol–water partition coefficient (Wildman–Crippen LogP) is 3.43. The fourth-order valence-electron chi connectivity index (χ4n) is 3.24. The van der Waals surface area contributed by atoms with Gasteiger partial charge in [0.2, 0.25) is 6.79 Å². The number of anilines is 1. The Balaban J connectivity index is 1.43. The average molecular weight is 335 g/mol. The molecule has 1 aliphatic carbocycles. The van der Waals surface area contributed by atoms with E-state index < -0.39 is 0 Å². The smallest absolute Gasteiger partial charge is 0.255 e. The second-order valence-corrected chi connectivity index (χ2v) is 6.53. The van der Waals surface area contributed by atoms with Crippen molar-refractivity contribution in [1.29, 1.82) is 0 Å². The van der Waals surface area contributed by atoms with E-state index in [0.717, 1.165) is 16.9 Å². The lowest BCUT2D eigenvalue weighted by atomic mass is 10.1. The number of nitrogens with zero attached hydrogens (tertiary/aromatic N) is 2. The number of nitrogens with one attached hydrogen (secondary N) is 1. The fraction of sp³-hybridized carbons (Fsp3) is 0.263. The van der Waals surface area contributed by atoms with E-state index in [0.29, 0.717) is 28.7 Å². The van der Waals surface area contributed by atoms with E-state index in [4.69, 9.17) is 14.5 Å². The van der Waals surface area contributed by atoms with Gasteiger partial charge in [0.25, 0.3) is 5.91 Å². The summed E-state index contributed by atoms with van der Waals surface area (Å²) < 4.78 is 12.8. The second kappa shape index (κ2) is 5.24. The number of hydrogen-bond acceptors (Lipinski definition) is 4. The standard InChI is InChI=1S/C19H17N3O3/c1-22-15-6-4-12(8-14(15)21-18(22)11-2-3-11)19(23)20-13-5-7-16-17(9-13)25-10-24-16/h4-9,11H,2-3,10H2,1H3,(H,20,23). The summed E-state index contributed by atoms with van der Waals surface area (Å²) in [5, 5.41) is 2.90. The van der Waals surface area contributed by atoms with Crippen molar-refractivity contribution in [3.05, 3.63) is 47.8 Å². The van der Waals surface area contributed by atoms with Gasteiger partial charge in [-0.3, -0.25) is 4.79 Å². The second-order valence-electron chi connectivity index (χ2n) is 6.53. The van der Waals surface area contributed by atoms with Crippen LogP contribution >= 0.6 is 0 Å². The van der Waals surface area contributed by atoms with Crippen LogP contribution in [0.1, 0.15) is 34.9 Å². The van der Waals surface area contributed by atoms with Crippen LogP contribution in [0.15, 0.2) is 36.4 Å². The number of benzene rings is 2. The first-order valence-corrected chi connectivity index (χ1v) is 8.36. The van der Waals surface area contributed by atoms with Crippen LogP contribution in [-0.4, -0.2) is 22.3 Å². The zero-order valence-electron chi connectivity index (χ0n) is 13.8. The molecule has 126 valence electrons. The summed E-state index contributed by atoms with van der Waals surface area (Å²) in [6.45, 7) is 0.215. The number of aromatic nitrogens is 2. The van der Waals surface area contributed by atoms with Gasteiger partial charge in [-0.2, -0.15) is 0 Å². The van der Waals surface area contributed by atoms with Crippen LogP contribution in [0.2, 0.25) is 0 Å². The van der Waals surface area contributed by atoms with Crippen LogP contribution in [0.4, 0.5) is 5.69 Å². The minimum atomic E-state index is -0.167. The predicted molar refractivity (Wildman–Crippen MR) is 93.2 cm³/mol. The summed E-state index contributed by atoms with van der Waals surface area (Å²) in [5.74, 6) is 2.86. The largest absolute Gasteiger partial charge is 0.454 e. The van der Waals surface area contributed by atoms with Crippen molar-refractivity contribution in [1.82, 2.24) is 9.55 Å². The Morgan fingerprint density at radius 2 is 2.00 bits per heavy atom. The normalized spacial score (nSPS) is 15.6. The molecule has 0 saturated heterocycles. The van der Waals surface area contributed by atoms with Gasteiger partial charge in [0.1, 0.15) is 5.82 Å². The van der Waals surface area contributed by atoms with E-state index in [2.05, 4.69) is 9.88 Å². The molecule has 0 unspecified atom stereocenters. The molecule has 0 atom stereocenters. The molecule has 1 N–H and O–H groups in total. The van der Waals surface area contributed by atoms with Gasteiger partial charge in [-0.25, -0.2) is 4.98 Å². The highest BCUT2D eigenvalue weighted by atomic mass is 16.7. The highest BCUT2D eigenvalue weighted by molar-refractivity contribution is 6.06. The molecule has 0 bridgehead atoms. The molecule has 1 aliphatic heterocycles. The topological polar surface area (TPSA) is 65.4 Å². The maximum absolute atomic E-state index is 12.6. The SMILES string of the molecule is Cn1c(C2CC2)nc2cc(C(=O)Nc3ccc4c(c3)OCO4)ccc21. The lowest BCUT2D eigenvalue weighted by Crippen LogP contribution is -2.11. The Morgan fingerprint density at radius 3 is 2.84 bits per heavy atom. The molecular weight excluding hydrogens is 318 g/mol. The Hall–Kier alpha value is -3.02. The van der Waals surface area contributed by atoms with Crippen LogP contribution in [0.5, 0.6) is 11.5 Å². The van der Waals surface area contributed by atoms with E-state index >= 15 is 0 Å². The van der Waals surface area contributed by atoms with Crippen LogP contribution in [0.25, 0.3) is 11.0 Å². The minimum absolute atomic E-state index is 0.167. The number of amides is 1. The maximum Gasteiger partial charge on any atom is 0.255 e. The first-order valence-electron chi connectivity index (χ1n) is 8.36. The first-order chi connectivity index (χ1) is 12.2. The van der Waals surface area contributed by atoms with Gasteiger partial charge in [-0.05, 0) is 43.2 Å². The molecule has 6 nitrogen and oxygen atoms in total. The summed E-state index contributed by atoms with van der Waals surface area (Å²) in [7, 11) is 2.04. The Morgan fingerprint density at radius 1 is 1.16 bits per heavy atom. The summed E-state index contributed by atoms with van der Waals surface area (Å²) >= 11 is 0. The molecule has 2 aromatic carbocycles. The Bertz CT molecular complexity index is 1000. The van der Waals surface area contributed by atoms with Crippen molar-refractivity contribution in [2.24, 2.45) is 7.05 Å². The molecule has 1 amide bonds. The van der Waals surface area contributed by atoms with Crippen molar-refractivity contribution in [3.63, 3.8) is 0 Å². The fourth-order valence-corrected chi connectivity index (χ4v) is 3.24. The maximum atomic E-state index is 12.6. The van der Waals surface area contributed by atoms with E-state index in [1.54, 1.807) is 18.2 Å². The molecule has 1 saturated carbocycles. The molecule has 5 rings (SSSR count). The number of carbonyl (C=O) groups is 1. The monoisotopic (exact) mass is 335 g/mol. The molecule has 25 heavy (non-hydrogen) atoms. The molecule has 2 heterocycles. The molecule has 3 aromatic rings. The van der Waals surface area contributed by atoms with Crippen molar-refractivity contribution < 1.29 is 14.3 Å². The van der Waals surface area contributed by atoms with Crippen molar-refractivity contribution in [3.8, 4) is 11.5 Å². The highest BCUT2D eigenvalue weighted by Gasteiger charge is 2.28. The number of rotatable bonds is 3. The van der Waals surface area contributed by atoms with E-state index in [-0.39, 0.29) is 12.7 Å². The average Bonchev–Trinajstić information content (AvgIpc) is 3.26. The lowest BCUT2D eigenvalue weighted by molar-refractivity contribution is 0.102. The van der Waals surface area contributed by atoms with Crippen LogP contribution in [0, 0.1) is 0 Å². The number of imidazole rings is 1. The molecule has 2 aliphatic rings. The van der Waals surface area contributed by atoms with E-state index in [1.807, 2.05) is 25.2 Å². The van der Waals surface area contributed by atoms with E-state index in [1.165, 1.54) is 12.8 Å². The molecule has 0 spiro atoms. The lowest BCUT2D eigenvalue weighted by Gasteiger charge is -2.06. The Kier molecular flexibility index (Phi) is 3.00.